The predicted molar refractivity (Wildman–Crippen MR) is 83.6 cm³/mol. The number of amides is 2. The van der Waals surface area contributed by atoms with Crippen molar-refractivity contribution >= 4 is 34.9 Å². The molecule has 0 saturated carbocycles. The molecule has 3 N–H and O–H groups in total. The van der Waals surface area contributed by atoms with Gasteiger partial charge in [-0.25, -0.2) is 4.79 Å². The van der Waals surface area contributed by atoms with E-state index in [1.807, 2.05) is 0 Å². The van der Waals surface area contributed by atoms with Gasteiger partial charge in [0.05, 0.1) is 0 Å². The lowest BCUT2D eigenvalue weighted by Crippen LogP contribution is -2.33. The molecule has 1 aromatic carbocycles. The zero-order valence-corrected chi connectivity index (χ0v) is 13.0. The number of aliphatic hydroxyl groups is 1. The lowest BCUT2D eigenvalue weighted by molar-refractivity contribution is 0.237. The lowest BCUT2D eigenvalue weighted by atomic mass is 10.0. The Morgan fingerprint density at radius 3 is 2.45 bits per heavy atom. The molecule has 0 aliphatic rings. The molecule has 0 spiro atoms. The van der Waals surface area contributed by atoms with Crippen LogP contribution in [0.2, 0.25) is 10.0 Å². The molecular weight excluding hydrogens is 299 g/mol. The smallest absolute Gasteiger partial charge is 0.319 e. The Kier molecular flexibility index (Phi) is 7.73. The number of carbonyl (C=O) groups is 1. The largest absolute Gasteiger partial charge is 0.396 e. The number of aliphatic hydroxyl groups excluding tert-OH is 1. The molecular formula is C14H20Cl2N2O2. The van der Waals surface area contributed by atoms with E-state index in [9.17, 15) is 4.79 Å². The van der Waals surface area contributed by atoms with Gasteiger partial charge in [0.25, 0.3) is 0 Å². The fraction of sp³-hybridized carbons (Fsp3) is 0.500. The average molecular weight is 319 g/mol. The predicted octanol–water partition coefficient (Wildman–Crippen LogP) is 3.91. The summed E-state index contributed by atoms with van der Waals surface area (Å²) in [5.41, 5.74) is 0.550. The van der Waals surface area contributed by atoms with E-state index in [0.717, 1.165) is 12.8 Å². The van der Waals surface area contributed by atoms with Gasteiger partial charge < -0.3 is 15.7 Å². The van der Waals surface area contributed by atoms with Gasteiger partial charge in [0, 0.05) is 28.9 Å². The van der Waals surface area contributed by atoms with Crippen molar-refractivity contribution in [2.75, 3.05) is 18.5 Å². The van der Waals surface area contributed by atoms with Crippen molar-refractivity contribution in [3.8, 4) is 0 Å². The van der Waals surface area contributed by atoms with Gasteiger partial charge in [-0.1, -0.05) is 36.5 Å². The molecule has 0 aromatic heterocycles. The number of carbonyl (C=O) groups excluding carboxylic acids is 1. The highest BCUT2D eigenvalue weighted by molar-refractivity contribution is 6.35. The Morgan fingerprint density at radius 1 is 1.25 bits per heavy atom. The highest BCUT2D eigenvalue weighted by Gasteiger charge is 2.09. The second kappa shape index (κ2) is 9.06. The van der Waals surface area contributed by atoms with Crippen molar-refractivity contribution in [2.45, 2.75) is 26.2 Å². The Hall–Kier alpha value is -0.970. The fourth-order valence-corrected chi connectivity index (χ4v) is 2.50. The zero-order chi connectivity index (χ0) is 15.0. The first-order valence-electron chi connectivity index (χ1n) is 6.67. The van der Waals surface area contributed by atoms with Crippen LogP contribution in [0.25, 0.3) is 0 Å². The van der Waals surface area contributed by atoms with Gasteiger partial charge >= 0.3 is 6.03 Å². The number of halogens is 2. The van der Waals surface area contributed by atoms with E-state index in [-0.39, 0.29) is 12.6 Å². The van der Waals surface area contributed by atoms with Crippen LogP contribution in [0.3, 0.4) is 0 Å². The number of urea groups is 1. The molecule has 0 heterocycles. The van der Waals surface area contributed by atoms with Gasteiger partial charge in [0.15, 0.2) is 0 Å². The molecule has 0 aliphatic carbocycles. The van der Waals surface area contributed by atoms with Crippen LogP contribution in [0.15, 0.2) is 18.2 Å². The number of anilines is 1. The quantitative estimate of drug-likeness (QED) is 0.713. The number of nitrogens with one attached hydrogen (secondary N) is 2. The summed E-state index contributed by atoms with van der Waals surface area (Å²) in [6.07, 6.45) is 2.69. The minimum Gasteiger partial charge on any atom is -0.396 e. The maximum Gasteiger partial charge on any atom is 0.319 e. The molecule has 1 rings (SSSR count). The van der Waals surface area contributed by atoms with Gasteiger partial charge in [-0.3, -0.25) is 0 Å². The summed E-state index contributed by atoms with van der Waals surface area (Å²) in [6, 6.07) is 4.56. The van der Waals surface area contributed by atoms with Crippen molar-refractivity contribution in [2.24, 2.45) is 5.92 Å². The maximum absolute atomic E-state index is 11.8. The first-order chi connectivity index (χ1) is 9.55. The highest BCUT2D eigenvalue weighted by Crippen LogP contribution is 2.22. The molecule has 1 atom stereocenters. The van der Waals surface area contributed by atoms with Gasteiger partial charge in [-0.15, -0.1) is 0 Å². The van der Waals surface area contributed by atoms with Gasteiger partial charge in [0.2, 0.25) is 0 Å². The van der Waals surface area contributed by atoms with Gasteiger partial charge in [-0.2, -0.15) is 0 Å². The first-order valence-corrected chi connectivity index (χ1v) is 7.42. The summed E-state index contributed by atoms with van der Waals surface area (Å²) in [5, 5.41) is 15.4. The molecule has 2 amide bonds. The number of rotatable bonds is 7. The van der Waals surface area contributed by atoms with Crippen molar-refractivity contribution in [3.63, 3.8) is 0 Å². The molecule has 0 fully saturated rings. The summed E-state index contributed by atoms with van der Waals surface area (Å²) < 4.78 is 0. The van der Waals surface area contributed by atoms with Crippen LogP contribution in [0.1, 0.15) is 26.2 Å². The highest BCUT2D eigenvalue weighted by atomic mass is 35.5. The third kappa shape index (κ3) is 6.46. The van der Waals surface area contributed by atoms with Crippen LogP contribution in [0.4, 0.5) is 10.5 Å². The lowest BCUT2D eigenvalue weighted by Gasteiger charge is -2.16. The third-order valence-electron chi connectivity index (χ3n) is 2.91. The van der Waals surface area contributed by atoms with E-state index in [0.29, 0.717) is 34.6 Å². The SMILES string of the molecule is CCCC(CCO)CNC(=O)Nc1cc(Cl)cc(Cl)c1. The summed E-state index contributed by atoms with van der Waals surface area (Å²) in [7, 11) is 0. The molecule has 0 radical (unpaired) electrons. The summed E-state index contributed by atoms with van der Waals surface area (Å²) in [4.78, 5) is 11.8. The minimum absolute atomic E-state index is 0.137. The van der Waals surface area contributed by atoms with Gasteiger partial charge in [0.1, 0.15) is 0 Å². The van der Waals surface area contributed by atoms with E-state index in [4.69, 9.17) is 28.3 Å². The van der Waals surface area contributed by atoms with Crippen molar-refractivity contribution in [1.29, 1.82) is 0 Å². The van der Waals surface area contributed by atoms with Crippen molar-refractivity contribution in [3.05, 3.63) is 28.2 Å². The summed E-state index contributed by atoms with van der Waals surface area (Å²) in [5.74, 6) is 0.290. The molecule has 112 valence electrons. The normalized spacial score (nSPS) is 12.0. The maximum atomic E-state index is 11.8. The Bertz CT molecular complexity index is 415. The average Bonchev–Trinajstić information content (AvgIpc) is 2.35. The molecule has 4 nitrogen and oxygen atoms in total. The summed E-state index contributed by atoms with van der Waals surface area (Å²) in [6.45, 7) is 2.75. The molecule has 1 aromatic rings. The molecule has 0 bridgehead atoms. The van der Waals surface area contributed by atoms with Crippen molar-refractivity contribution in [1.82, 2.24) is 5.32 Å². The second-order valence-electron chi connectivity index (χ2n) is 4.66. The van der Waals surface area contributed by atoms with Crippen LogP contribution >= 0.6 is 23.2 Å². The van der Waals surface area contributed by atoms with Crippen LogP contribution < -0.4 is 10.6 Å². The third-order valence-corrected chi connectivity index (χ3v) is 3.34. The first kappa shape index (κ1) is 17.1. The van der Waals surface area contributed by atoms with E-state index in [1.165, 1.54) is 0 Å². The Balaban J connectivity index is 2.46. The molecule has 1 unspecified atom stereocenters. The van der Waals surface area contributed by atoms with E-state index >= 15 is 0 Å². The summed E-state index contributed by atoms with van der Waals surface area (Å²) >= 11 is 11.7. The Labute approximate surface area is 129 Å². The van der Waals surface area contributed by atoms with E-state index < -0.39 is 0 Å². The second-order valence-corrected chi connectivity index (χ2v) is 5.53. The molecule has 6 heteroatoms. The molecule has 20 heavy (non-hydrogen) atoms. The van der Waals surface area contributed by atoms with E-state index in [1.54, 1.807) is 18.2 Å². The monoisotopic (exact) mass is 318 g/mol. The number of hydrogen-bond donors (Lipinski definition) is 3. The van der Waals surface area contributed by atoms with Crippen LogP contribution in [-0.4, -0.2) is 24.3 Å². The number of benzene rings is 1. The minimum atomic E-state index is -0.303. The zero-order valence-electron chi connectivity index (χ0n) is 11.5. The topological polar surface area (TPSA) is 61.4 Å². The molecule has 0 saturated heterocycles. The van der Waals surface area contributed by atoms with Crippen LogP contribution in [-0.2, 0) is 0 Å². The Morgan fingerprint density at radius 2 is 1.90 bits per heavy atom. The molecule has 0 aliphatic heterocycles. The number of hydrogen-bond acceptors (Lipinski definition) is 2. The van der Waals surface area contributed by atoms with E-state index in [2.05, 4.69) is 17.6 Å². The standard InChI is InChI=1S/C14H20Cl2N2O2/c1-2-3-10(4-5-19)9-17-14(20)18-13-7-11(15)6-12(16)8-13/h6-8,10,19H,2-5,9H2,1H3,(H2,17,18,20). The van der Waals surface area contributed by atoms with Crippen molar-refractivity contribution < 1.29 is 9.90 Å². The van der Waals surface area contributed by atoms with Gasteiger partial charge in [-0.05, 0) is 37.0 Å². The fourth-order valence-electron chi connectivity index (χ4n) is 1.98. The van der Waals surface area contributed by atoms with Crippen LogP contribution in [0.5, 0.6) is 0 Å². The van der Waals surface area contributed by atoms with Crippen LogP contribution in [0, 0.1) is 5.92 Å².